The lowest BCUT2D eigenvalue weighted by atomic mass is 10.3. The molecule has 1 saturated heterocycles. The molecule has 1 fully saturated rings. The van der Waals surface area contributed by atoms with Crippen LogP contribution in [0.1, 0.15) is 12.8 Å². The van der Waals surface area contributed by atoms with Gasteiger partial charge in [-0.05, 0) is 25.0 Å². The van der Waals surface area contributed by atoms with Gasteiger partial charge in [0.2, 0.25) is 0 Å². The Hall–Kier alpha value is -1.46. The Kier molecular flexibility index (Phi) is 4.28. The Morgan fingerprint density at radius 2 is 2.45 bits per heavy atom. The van der Waals surface area contributed by atoms with Gasteiger partial charge in [-0.1, -0.05) is 17.8 Å². The number of methoxy groups -OCH3 is 1. The summed E-state index contributed by atoms with van der Waals surface area (Å²) < 4.78 is 13.0. The zero-order valence-corrected chi connectivity index (χ0v) is 12.3. The van der Waals surface area contributed by atoms with E-state index in [0.29, 0.717) is 6.10 Å². The number of imidazole rings is 1. The molecule has 2 heterocycles. The fraction of sp³-hybridized carbons (Fsp3) is 0.400. The zero-order chi connectivity index (χ0) is 13.8. The highest BCUT2D eigenvalue weighted by Crippen LogP contribution is 2.26. The van der Waals surface area contributed by atoms with Gasteiger partial charge in [0.05, 0.1) is 18.9 Å². The molecule has 0 N–H and O–H groups in total. The summed E-state index contributed by atoms with van der Waals surface area (Å²) >= 11 is 1.75. The van der Waals surface area contributed by atoms with Crippen LogP contribution in [0.25, 0.3) is 5.69 Å². The van der Waals surface area contributed by atoms with Crippen LogP contribution in [-0.4, -0.2) is 35.1 Å². The largest absolute Gasteiger partial charge is 0.497 e. The van der Waals surface area contributed by atoms with Crippen molar-refractivity contribution in [1.82, 2.24) is 9.55 Å². The lowest BCUT2D eigenvalue weighted by Gasteiger charge is -2.11. The second-order valence-corrected chi connectivity index (χ2v) is 5.71. The molecule has 0 aliphatic carbocycles. The molecule has 0 radical (unpaired) electrons. The van der Waals surface area contributed by atoms with Gasteiger partial charge < -0.3 is 9.47 Å². The van der Waals surface area contributed by atoms with Crippen molar-refractivity contribution < 1.29 is 9.47 Å². The van der Waals surface area contributed by atoms with Gasteiger partial charge in [-0.3, -0.25) is 4.57 Å². The van der Waals surface area contributed by atoms with Crippen LogP contribution in [0.2, 0.25) is 0 Å². The molecule has 1 atom stereocenters. The van der Waals surface area contributed by atoms with Crippen LogP contribution in [0, 0.1) is 0 Å². The van der Waals surface area contributed by atoms with Crippen LogP contribution in [0.15, 0.2) is 41.8 Å². The average Bonchev–Trinajstić information content (AvgIpc) is 3.16. The SMILES string of the molecule is COc1cccc(-n2ccnc2SCC2CCCO2)c1. The van der Waals surface area contributed by atoms with Gasteiger partial charge in [0.25, 0.3) is 0 Å². The molecule has 1 aromatic heterocycles. The van der Waals surface area contributed by atoms with Gasteiger partial charge in [-0.2, -0.15) is 0 Å². The summed E-state index contributed by atoms with van der Waals surface area (Å²) in [5.74, 6) is 1.81. The van der Waals surface area contributed by atoms with Crippen LogP contribution >= 0.6 is 11.8 Å². The minimum atomic E-state index is 0.371. The monoisotopic (exact) mass is 290 g/mol. The van der Waals surface area contributed by atoms with Crippen LogP contribution in [0.3, 0.4) is 0 Å². The molecule has 5 heteroatoms. The van der Waals surface area contributed by atoms with E-state index in [4.69, 9.17) is 9.47 Å². The van der Waals surface area contributed by atoms with Gasteiger partial charge in [0, 0.05) is 30.8 Å². The van der Waals surface area contributed by atoms with E-state index in [1.165, 1.54) is 6.42 Å². The number of aromatic nitrogens is 2. The summed E-state index contributed by atoms with van der Waals surface area (Å²) in [6.45, 7) is 0.898. The predicted molar refractivity (Wildman–Crippen MR) is 79.8 cm³/mol. The Balaban J connectivity index is 1.74. The highest BCUT2D eigenvalue weighted by atomic mass is 32.2. The number of ether oxygens (including phenoxy) is 2. The molecular weight excluding hydrogens is 272 g/mol. The maximum Gasteiger partial charge on any atom is 0.172 e. The van der Waals surface area contributed by atoms with Crippen molar-refractivity contribution in [2.24, 2.45) is 0 Å². The molecule has 0 bridgehead atoms. The Bertz CT molecular complexity index is 565. The Morgan fingerprint density at radius 3 is 3.25 bits per heavy atom. The molecule has 1 aliphatic heterocycles. The summed E-state index contributed by atoms with van der Waals surface area (Å²) in [5.41, 5.74) is 1.07. The topological polar surface area (TPSA) is 36.3 Å². The molecule has 1 aliphatic rings. The zero-order valence-electron chi connectivity index (χ0n) is 11.5. The second kappa shape index (κ2) is 6.33. The van der Waals surface area contributed by atoms with Gasteiger partial charge in [0.15, 0.2) is 5.16 Å². The van der Waals surface area contributed by atoms with E-state index < -0.39 is 0 Å². The molecule has 0 spiro atoms. The molecular formula is C15H18N2O2S. The number of hydrogen-bond acceptors (Lipinski definition) is 4. The van der Waals surface area contributed by atoms with Crippen molar-refractivity contribution >= 4 is 11.8 Å². The minimum Gasteiger partial charge on any atom is -0.497 e. The molecule has 20 heavy (non-hydrogen) atoms. The van der Waals surface area contributed by atoms with Crippen molar-refractivity contribution in [2.75, 3.05) is 19.5 Å². The standard InChI is InChI=1S/C15H18N2O2S/c1-18-13-5-2-4-12(10-13)17-8-7-16-15(17)20-11-14-6-3-9-19-14/h2,4-5,7-8,10,14H,3,6,9,11H2,1H3. The molecule has 0 amide bonds. The molecule has 0 saturated carbocycles. The summed E-state index contributed by atoms with van der Waals surface area (Å²) in [6.07, 6.45) is 6.52. The van der Waals surface area contributed by atoms with E-state index in [1.807, 2.05) is 30.6 Å². The highest BCUT2D eigenvalue weighted by Gasteiger charge is 2.17. The van der Waals surface area contributed by atoms with Crippen molar-refractivity contribution in [3.63, 3.8) is 0 Å². The molecule has 1 aromatic carbocycles. The Morgan fingerprint density at radius 1 is 1.50 bits per heavy atom. The van der Waals surface area contributed by atoms with E-state index in [-0.39, 0.29) is 0 Å². The average molecular weight is 290 g/mol. The second-order valence-electron chi connectivity index (χ2n) is 4.73. The van der Waals surface area contributed by atoms with Crippen molar-refractivity contribution in [2.45, 2.75) is 24.1 Å². The highest BCUT2D eigenvalue weighted by molar-refractivity contribution is 7.99. The molecule has 3 rings (SSSR count). The van der Waals surface area contributed by atoms with E-state index in [1.54, 1.807) is 18.9 Å². The summed E-state index contributed by atoms with van der Waals surface area (Å²) in [5, 5.41) is 0.994. The molecule has 4 nitrogen and oxygen atoms in total. The summed E-state index contributed by atoms with van der Waals surface area (Å²) in [4.78, 5) is 4.44. The fourth-order valence-corrected chi connectivity index (χ4v) is 3.34. The van der Waals surface area contributed by atoms with Gasteiger partial charge in [-0.25, -0.2) is 4.98 Å². The lowest BCUT2D eigenvalue weighted by molar-refractivity contribution is 0.129. The molecule has 1 unspecified atom stereocenters. The van der Waals surface area contributed by atoms with Gasteiger partial charge in [0.1, 0.15) is 5.75 Å². The fourth-order valence-electron chi connectivity index (χ4n) is 2.30. The van der Waals surface area contributed by atoms with Gasteiger partial charge in [-0.15, -0.1) is 0 Å². The predicted octanol–water partition coefficient (Wildman–Crippen LogP) is 3.15. The van der Waals surface area contributed by atoms with Crippen LogP contribution in [-0.2, 0) is 4.74 Å². The lowest BCUT2D eigenvalue weighted by Crippen LogP contribution is -2.08. The molecule has 106 valence electrons. The smallest absolute Gasteiger partial charge is 0.172 e. The first-order valence-corrected chi connectivity index (χ1v) is 7.77. The number of hydrogen-bond donors (Lipinski definition) is 0. The van der Waals surface area contributed by atoms with E-state index in [0.717, 1.165) is 35.4 Å². The maximum atomic E-state index is 5.66. The van der Waals surface area contributed by atoms with Crippen molar-refractivity contribution in [3.05, 3.63) is 36.7 Å². The third-order valence-electron chi connectivity index (χ3n) is 3.36. The van der Waals surface area contributed by atoms with Crippen molar-refractivity contribution in [1.29, 1.82) is 0 Å². The van der Waals surface area contributed by atoms with E-state index in [2.05, 4.69) is 15.6 Å². The third-order valence-corrected chi connectivity index (χ3v) is 4.46. The number of nitrogens with zero attached hydrogens (tertiary/aromatic N) is 2. The minimum absolute atomic E-state index is 0.371. The van der Waals surface area contributed by atoms with Crippen LogP contribution in [0.5, 0.6) is 5.75 Å². The molecule has 2 aromatic rings. The van der Waals surface area contributed by atoms with E-state index in [9.17, 15) is 0 Å². The van der Waals surface area contributed by atoms with E-state index >= 15 is 0 Å². The normalized spacial score (nSPS) is 18.4. The number of thioether (sulfide) groups is 1. The maximum absolute atomic E-state index is 5.66. The van der Waals surface area contributed by atoms with Crippen LogP contribution in [0.4, 0.5) is 0 Å². The third kappa shape index (κ3) is 2.99. The van der Waals surface area contributed by atoms with Gasteiger partial charge >= 0.3 is 0 Å². The van der Waals surface area contributed by atoms with Crippen LogP contribution < -0.4 is 4.74 Å². The van der Waals surface area contributed by atoms with Crippen molar-refractivity contribution in [3.8, 4) is 11.4 Å². The quantitative estimate of drug-likeness (QED) is 0.793. The first-order chi connectivity index (χ1) is 9.86. The number of rotatable bonds is 5. The Labute approximate surface area is 123 Å². The first kappa shape index (κ1) is 13.5. The summed E-state index contributed by atoms with van der Waals surface area (Å²) in [7, 11) is 1.68. The summed E-state index contributed by atoms with van der Waals surface area (Å²) in [6, 6.07) is 8.00. The number of benzene rings is 1. The first-order valence-electron chi connectivity index (χ1n) is 6.79.